The van der Waals surface area contributed by atoms with Crippen LogP contribution in [0.2, 0.25) is 0 Å². The van der Waals surface area contributed by atoms with Gasteiger partial charge in [0.15, 0.2) is 0 Å². The van der Waals surface area contributed by atoms with E-state index >= 15 is 0 Å². The van der Waals surface area contributed by atoms with Gasteiger partial charge in [-0.1, -0.05) is 18.2 Å². The zero-order chi connectivity index (χ0) is 19.3. The maximum atomic E-state index is 12.4. The number of aromatic nitrogens is 5. The Hall–Kier alpha value is -3.52. The van der Waals surface area contributed by atoms with Crippen LogP contribution >= 0.6 is 0 Å². The van der Waals surface area contributed by atoms with Gasteiger partial charge < -0.3 is 4.74 Å². The molecule has 0 saturated heterocycles. The highest BCUT2D eigenvalue weighted by molar-refractivity contribution is 5.78. The maximum Gasteiger partial charge on any atom is 0.252 e. The van der Waals surface area contributed by atoms with Crippen molar-refractivity contribution < 1.29 is 4.74 Å². The molecule has 3 heterocycles. The molecule has 3 aromatic heterocycles. The third kappa shape index (κ3) is 3.49. The van der Waals surface area contributed by atoms with Crippen LogP contribution in [0.5, 0.6) is 0 Å². The number of nitrogens with zero attached hydrogens (tertiary/aromatic N) is 5. The molecule has 0 radical (unpaired) electrons. The Morgan fingerprint density at radius 1 is 1.11 bits per heavy atom. The Bertz CT molecular complexity index is 1110. The average Bonchev–Trinajstić information content (AvgIpc) is 3.25. The number of fused-ring (bicyclic) bond motifs is 1. The molecule has 8 heteroatoms. The van der Waals surface area contributed by atoms with E-state index in [-0.39, 0.29) is 5.56 Å². The van der Waals surface area contributed by atoms with Gasteiger partial charge in [0.1, 0.15) is 5.65 Å². The minimum Gasteiger partial charge on any atom is -0.385 e. The number of para-hydroxylation sites is 1. The second-order valence-corrected chi connectivity index (χ2v) is 6.25. The van der Waals surface area contributed by atoms with E-state index in [1.165, 1.54) is 0 Å². The van der Waals surface area contributed by atoms with Crippen molar-refractivity contribution in [1.29, 1.82) is 0 Å². The van der Waals surface area contributed by atoms with Crippen LogP contribution in [-0.4, -0.2) is 38.4 Å². The molecule has 0 fully saturated rings. The number of methoxy groups -OCH3 is 1. The van der Waals surface area contributed by atoms with Crippen LogP contribution in [0.4, 0.5) is 17.3 Å². The summed E-state index contributed by atoms with van der Waals surface area (Å²) in [5.41, 5.74) is 2.20. The average molecular weight is 376 g/mol. The number of nitrogens with one attached hydrogen (secondary N) is 1. The summed E-state index contributed by atoms with van der Waals surface area (Å²) in [4.78, 5) is 23.6. The lowest BCUT2D eigenvalue weighted by Crippen LogP contribution is -2.22. The first-order valence-corrected chi connectivity index (χ1v) is 8.97. The van der Waals surface area contributed by atoms with Crippen LogP contribution < -0.4 is 10.5 Å². The highest BCUT2D eigenvalue weighted by Gasteiger charge is 2.17. The predicted molar refractivity (Wildman–Crippen MR) is 107 cm³/mol. The van der Waals surface area contributed by atoms with Crippen molar-refractivity contribution in [3.63, 3.8) is 0 Å². The number of ether oxygens (including phenoxy) is 1. The Morgan fingerprint density at radius 2 is 1.96 bits per heavy atom. The van der Waals surface area contributed by atoms with Crippen LogP contribution in [0.3, 0.4) is 0 Å². The zero-order valence-electron chi connectivity index (χ0n) is 15.4. The van der Waals surface area contributed by atoms with Crippen molar-refractivity contribution >= 4 is 28.4 Å². The Labute approximate surface area is 161 Å². The van der Waals surface area contributed by atoms with E-state index in [9.17, 15) is 4.79 Å². The lowest BCUT2D eigenvalue weighted by Gasteiger charge is -2.21. The van der Waals surface area contributed by atoms with Crippen LogP contribution in [0.15, 0.2) is 65.8 Å². The molecule has 0 bridgehead atoms. The van der Waals surface area contributed by atoms with E-state index in [1.54, 1.807) is 42.4 Å². The summed E-state index contributed by atoms with van der Waals surface area (Å²) in [5.74, 6) is 0.464. The molecular formula is C20H20N6O2. The summed E-state index contributed by atoms with van der Waals surface area (Å²) in [6.45, 7) is 1.10. The molecule has 1 aromatic carbocycles. The largest absolute Gasteiger partial charge is 0.385 e. The molecule has 142 valence electrons. The number of aromatic amines is 1. The van der Waals surface area contributed by atoms with Gasteiger partial charge in [-0.05, 0) is 24.6 Å². The molecule has 0 spiro atoms. The highest BCUT2D eigenvalue weighted by atomic mass is 16.5. The summed E-state index contributed by atoms with van der Waals surface area (Å²) >= 11 is 0. The minimum absolute atomic E-state index is 0.0946. The number of hydrogen-bond donors (Lipinski definition) is 1. The van der Waals surface area contributed by atoms with Crippen molar-refractivity contribution in [2.45, 2.75) is 13.0 Å². The first-order valence-electron chi connectivity index (χ1n) is 8.97. The van der Waals surface area contributed by atoms with Crippen LogP contribution in [0, 0.1) is 0 Å². The highest BCUT2D eigenvalue weighted by Crippen LogP contribution is 2.31. The Balaban J connectivity index is 1.85. The predicted octanol–water partition coefficient (Wildman–Crippen LogP) is 3.02. The molecule has 4 aromatic rings. The molecule has 0 amide bonds. The van der Waals surface area contributed by atoms with Crippen LogP contribution in [0.25, 0.3) is 11.0 Å². The van der Waals surface area contributed by atoms with E-state index in [0.29, 0.717) is 24.7 Å². The quantitative estimate of drug-likeness (QED) is 0.499. The van der Waals surface area contributed by atoms with Gasteiger partial charge in [0.05, 0.1) is 11.9 Å². The van der Waals surface area contributed by atoms with Crippen molar-refractivity contribution in [3.8, 4) is 0 Å². The molecule has 0 aliphatic carbocycles. The Kier molecular flexibility index (Phi) is 5.11. The summed E-state index contributed by atoms with van der Waals surface area (Å²) in [7, 11) is 1.65. The van der Waals surface area contributed by atoms with Gasteiger partial charge >= 0.3 is 0 Å². The van der Waals surface area contributed by atoms with E-state index in [2.05, 4.69) is 15.2 Å². The van der Waals surface area contributed by atoms with Crippen LogP contribution in [0.1, 0.15) is 6.42 Å². The third-order valence-electron chi connectivity index (χ3n) is 4.40. The third-order valence-corrected chi connectivity index (χ3v) is 4.40. The topological polar surface area (TPSA) is 88.9 Å². The van der Waals surface area contributed by atoms with Gasteiger partial charge in [-0.3, -0.25) is 19.4 Å². The molecule has 1 N–H and O–H groups in total. The van der Waals surface area contributed by atoms with Gasteiger partial charge in [-0.2, -0.15) is 10.1 Å². The Morgan fingerprint density at radius 3 is 2.71 bits per heavy atom. The number of aryl methyl sites for hydroxylation is 1. The van der Waals surface area contributed by atoms with Gasteiger partial charge in [0.2, 0.25) is 5.95 Å². The summed E-state index contributed by atoms with van der Waals surface area (Å²) < 4.78 is 6.78. The van der Waals surface area contributed by atoms with Gasteiger partial charge in [0.25, 0.3) is 5.56 Å². The second-order valence-electron chi connectivity index (χ2n) is 6.25. The number of H-pyrrole nitrogens is 1. The van der Waals surface area contributed by atoms with Crippen molar-refractivity contribution in [2.24, 2.45) is 0 Å². The zero-order valence-corrected chi connectivity index (χ0v) is 15.4. The molecular weight excluding hydrogens is 356 g/mol. The molecule has 0 saturated carbocycles. The maximum absolute atomic E-state index is 12.4. The summed E-state index contributed by atoms with van der Waals surface area (Å²) in [5, 5.41) is 7.68. The first-order chi connectivity index (χ1) is 13.8. The summed E-state index contributed by atoms with van der Waals surface area (Å²) in [6.07, 6.45) is 5.94. The van der Waals surface area contributed by atoms with E-state index in [1.807, 2.05) is 35.2 Å². The number of hydrogen-bond acceptors (Lipinski definition) is 6. The van der Waals surface area contributed by atoms with E-state index < -0.39 is 0 Å². The van der Waals surface area contributed by atoms with E-state index in [4.69, 9.17) is 9.72 Å². The van der Waals surface area contributed by atoms with Crippen LogP contribution in [-0.2, 0) is 11.3 Å². The molecule has 0 aliphatic rings. The fraction of sp³-hybridized carbons (Fsp3) is 0.200. The molecule has 28 heavy (non-hydrogen) atoms. The van der Waals surface area contributed by atoms with Gasteiger partial charge in [-0.25, -0.2) is 4.98 Å². The number of rotatable bonds is 7. The lowest BCUT2D eigenvalue weighted by molar-refractivity contribution is 0.190. The van der Waals surface area contributed by atoms with Crippen molar-refractivity contribution in [3.05, 3.63) is 71.4 Å². The molecule has 0 atom stereocenters. The number of benzene rings is 1. The lowest BCUT2D eigenvalue weighted by atomic mass is 10.2. The molecule has 0 aliphatic heterocycles. The fourth-order valence-electron chi connectivity index (χ4n) is 3.08. The molecule has 0 unspecified atom stereocenters. The van der Waals surface area contributed by atoms with Gasteiger partial charge in [0, 0.05) is 49.8 Å². The number of anilines is 3. The first kappa shape index (κ1) is 17.9. The standard InChI is InChI=1S/C20H20N6O2/c1-28-11-5-10-25-18(27)9-8-15-12-21-20(24-19(15)25)26(17-13-22-23-14-17)16-6-3-2-4-7-16/h2-4,6-9,12-14H,5,10-11H2,1H3,(H,22,23). The normalized spacial score (nSPS) is 11.0. The minimum atomic E-state index is -0.0946. The van der Waals surface area contributed by atoms with Gasteiger partial charge in [-0.15, -0.1) is 0 Å². The second kappa shape index (κ2) is 8.01. The van der Waals surface area contributed by atoms with Crippen molar-refractivity contribution in [2.75, 3.05) is 18.6 Å². The SMILES string of the molecule is COCCCn1c(=O)ccc2cnc(N(c3ccccc3)c3cn[nH]c3)nc21. The fourth-order valence-corrected chi connectivity index (χ4v) is 3.08. The van der Waals surface area contributed by atoms with Crippen molar-refractivity contribution in [1.82, 2.24) is 24.7 Å². The molecule has 8 nitrogen and oxygen atoms in total. The number of pyridine rings is 1. The monoisotopic (exact) mass is 376 g/mol. The molecule has 4 rings (SSSR count). The summed E-state index contributed by atoms with van der Waals surface area (Å²) in [6, 6.07) is 13.1. The van der Waals surface area contributed by atoms with E-state index in [0.717, 1.165) is 23.2 Å². The smallest absolute Gasteiger partial charge is 0.252 e.